The molecule has 1 N–H and O–H groups in total. The minimum Gasteiger partial charge on any atom is -0.507 e. The highest BCUT2D eigenvalue weighted by atomic mass is 79.9. The van der Waals surface area contributed by atoms with Crippen LogP contribution in [0.4, 0.5) is 5.69 Å². The fraction of sp³-hybridized carbons (Fsp3) is 0.0500. The highest BCUT2D eigenvalue weighted by Gasteiger charge is 2.15. The Bertz CT molecular complexity index is 1140. The minimum absolute atomic E-state index is 0.192. The van der Waals surface area contributed by atoms with Gasteiger partial charge in [-0.1, -0.05) is 6.07 Å². The first-order valence-electron chi connectivity index (χ1n) is 8.32. The maximum atomic E-state index is 9.76. The number of phenolic OH excluding ortho intramolecular Hbond substituents is 1. The third-order valence-corrected chi connectivity index (χ3v) is 5.60. The lowest BCUT2D eigenvalue weighted by Gasteiger charge is -2.26. The summed E-state index contributed by atoms with van der Waals surface area (Å²) in [5, 5.41) is 33.1. The number of hydrogen-bond acceptors (Lipinski definition) is 6. The van der Waals surface area contributed by atoms with Crippen LogP contribution in [0.3, 0.4) is 0 Å². The van der Waals surface area contributed by atoms with Crippen molar-refractivity contribution in [1.82, 2.24) is 14.9 Å². The number of nitrogens with zero attached hydrogens (tertiary/aromatic N) is 5. The monoisotopic (exact) mass is 451 g/mol. The van der Waals surface area contributed by atoms with E-state index in [1.54, 1.807) is 34.7 Å². The number of anilines is 1. The van der Waals surface area contributed by atoms with Gasteiger partial charge in [-0.05, 0) is 74.2 Å². The van der Waals surface area contributed by atoms with Gasteiger partial charge in [-0.25, -0.2) is 4.68 Å². The van der Waals surface area contributed by atoms with Crippen LogP contribution in [0.5, 0.6) is 5.75 Å². The second kappa shape index (κ2) is 7.84. The van der Waals surface area contributed by atoms with E-state index in [2.05, 4.69) is 32.2 Å². The average Bonchev–Trinajstić information content (AvgIpc) is 3.42. The molecule has 2 heterocycles. The van der Waals surface area contributed by atoms with E-state index in [1.807, 2.05) is 52.2 Å². The Morgan fingerprint density at radius 2 is 1.96 bits per heavy atom. The lowest BCUT2D eigenvalue weighted by atomic mass is 10.0. The van der Waals surface area contributed by atoms with Crippen molar-refractivity contribution in [2.45, 2.75) is 6.54 Å². The van der Waals surface area contributed by atoms with Crippen LogP contribution in [0.15, 0.2) is 70.4 Å². The highest BCUT2D eigenvalue weighted by Crippen LogP contribution is 2.31. The van der Waals surface area contributed by atoms with Gasteiger partial charge in [0, 0.05) is 5.56 Å². The fourth-order valence-electron chi connectivity index (χ4n) is 2.89. The van der Waals surface area contributed by atoms with E-state index in [9.17, 15) is 10.4 Å². The normalized spacial score (nSPS) is 10.6. The van der Waals surface area contributed by atoms with Crippen LogP contribution in [0, 0.1) is 11.3 Å². The van der Waals surface area contributed by atoms with Gasteiger partial charge in [0.1, 0.15) is 18.4 Å². The second-order valence-corrected chi connectivity index (χ2v) is 7.67. The predicted octanol–water partition coefficient (Wildman–Crippen LogP) is 4.82. The topological polar surface area (TPSA) is 78.0 Å². The van der Waals surface area contributed by atoms with Crippen LogP contribution >= 0.6 is 27.3 Å². The van der Waals surface area contributed by atoms with Crippen molar-refractivity contribution in [3.63, 3.8) is 0 Å². The largest absolute Gasteiger partial charge is 0.507 e. The zero-order valence-electron chi connectivity index (χ0n) is 14.5. The molecule has 0 spiro atoms. The van der Waals surface area contributed by atoms with E-state index in [4.69, 9.17) is 0 Å². The summed E-state index contributed by atoms with van der Waals surface area (Å²) in [5.41, 5.74) is 4.40. The van der Waals surface area contributed by atoms with Crippen molar-refractivity contribution in [2.75, 3.05) is 5.01 Å². The van der Waals surface area contributed by atoms with Crippen molar-refractivity contribution < 1.29 is 5.11 Å². The van der Waals surface area contributed by atoms with Crippen LogP contribution in [-0.4, -0.2) is 20.0 Å². The van der Waals surface area contributed by atoms with Gasteiger partial charge in [-0.3, -0.25) is 5.01 Å². The molecule has 138 valence electrons. The summed E-state index contributed by atoms with van der Waals surface area (Å²) >= 11 is 4.96. The molecule has 0 aliphatic heterocycles. The lowest BCUT2D eigenvalue weighted by molar-refractivity contribution is 0.471. The van der Waals surface area contributed by atoms with Crippen LogP contribution < -0.4 is 5.01 Å². The van der Waals surface area contributed by atoms with Gasteiger partial charge in [0.05, 0.1) is 28.3 Å². The first kappa shape index (κ1) is 18.2. The van der Waals surface area contributed by atoms with Crippen LogP contribution in [-0.2, 0) is 6.54 Å². The number of aromatic nitrogens is 3. The number of halogens is 1. The Kier molecular flexibility index (Phi) is 5.10. The molecule has 0 fully saturated rings. The molecule has 0 atom stereocenters. The molecule has 2 aromatic heterocycles. The summed E-state index contributed by atoms with van der Waals surface area (Å²) in [7, 11) is 0. The van der Waals surface area contributed by atoms with Crippen molar-refractivity contribution in [1.29, 1.82) is 5.26 Å². The summed E-state index contributed by atoms with van der Waals surface area (Å²) in [6.07, 6.45) is 3.25. The van der Waals surface area contributed by atoms with Gasteiger partial charge in [0.15, 0.2) is 0 Å². The van der Waals surface area contributed by atoms with E-state index in [-0.39, 0.29) is 5.75 Å². The Balaban J connectivity index is 1.78. The molecule has 0 radical (unpaired) electrons. The standard InChI is InChI=1S/C20H14BrN5OS/c21-19-7-14(1-4-20(19)27)10-26(25-12-23-24-13-25)17-3-2-15(9-22)18(8-17)16-5-6-28-11-16/h1-8,11-13,27H,10H2. The van der Waals surface area contributed by atoms with Crippen molar-refractivity contribution >= 4 is 33.0 Å². The van der Waals surface area contributed by atoms with Gasteiger partial charge in [0.25, 0.3) is 0 Å². The van der Waals surface area contributed by atoms with Crippen LogP contribution in [0.25, 0.3) is 11.1 Å². The highest BCUT2D eigenvalue weighted by molar-refractivity contribution is 9.10. The fourth-order valence-corrected chi connectivity index (χ4v) is 3.98. The summed E-state index contributed by atoms with van der Waals surface area (Å²) in [6, 6.07) is 15.4. The minimum atomic E-state index is 0.192. The first-order chi connectivity index (χ1) is 13.7. The maximum Gasteiger partial charge on any atom is 0.139 e. The Morgan fingerprint density at radius 3 is 2.64 bits per heavy atom. The zero-order chi connectivity index (χ0) is 19.5. The third kappa shape index (κ3) is 3.63. The Labute approximate surface area is 174 Å². The van der Waals surface area contributed by atoms with Crippen molar-refractivity contribution in [3.8, 4) is 22.9 Å². The van der Waals surface area contributed by atoms with Gasteiger partial charge < -0.3 is 5.11 Å². The molecule has 8 heteroatoms. The zero-order valence-corrected chi connectivity index (χ0v) is 16.9. The van der Waals surface area contributed by atoms with E-state index >= 15 is 0 Å². The van der Waals surface area contributed by atoms with Gasteiger partial charge >= 0.3 is 0 Å². The molecule has 0 unspecified atom stereocenters. The second-order valence-electron chi connectivity index (χ2n) is 6.04. The average molecular weight is 452 g/mol. The molecule has 4 rings (SSSR count). The van der Waals surface area contributed by atoms with Crippen molar-refractivity contribution in [2.24, 2.45) is 0 Å². The number of nitriles is 1. The predicted molar refractivity (Wildman–Crippen MR) is 112 cm³/mol. The summed E-state index contributed by atoms with van der Waals surface area (Å²) in [4.78, 5) is 0. The first-order valence-corrected chi connectivity index (χ1v) is 10.1. The SMILES string of the molecule is N#Cc1ccc(N(Cc2ccc(O)c(Br)c2)n2cnnc2)cc1-c1ccsc1. The molecule has 2 aromatic carbocycles. The number of rotatable bonds is 5. The number of aromatic hydroxyl groups is 1. The summed E-state index contributed by atoms with van der Waals surface area (Å²) in [6.45, 7) is 0.520. The lowest BCUT2D eigenvalue weighted by Crippen LogP contribution is -2.27. The van der Waals surface area contributed by atoms with E-state index in [0.29, 0.717) is 16.6 Å². The molecule has 0 bridgehead atoms. The van der Waals surface area contributed by atoms with E-state index in [1.165, 1.54) is 0 Å². The molecule has 4 aromatic rings. The Hall–Kier alpha value is -3.15. The molecule has 6 nitrogen and oxygen atoms in total. The van der Waals surface area contributed by atoms with Crippen LogP contribution in [0.1, 0.15) is 11.1 Å². The van der Waals surface area contributed by atoms with Gasteiger partial charge in [-0.2, -0.15) is 16.6 Å². The van der Waals surface area contributed by atoms with Crippen molar-refractivity contribution in [3.05, 3.63) is 81.5 Å². The van der Waals surface area contributed by atoms with E-state index in [0.717, 1.165) is 22.4 Å². The molecular weight excluding hydrogens is 438 g/mol. The third-order valence-electron chi connectivity index (χ3n) is 4.28. The smallest absolute Gasteiger partial charge is 0.139 e. The molecule has 0 aliphatic rings. The van der Waals surface area contributed by atoms with Gasteiger partial charge in [-0.15, -0.1) is 10.2 Å². The van der Waals surface area contributed by atoms with Gasteiger partial charge in [0.2, 0.25) is 0 Å². The maximum absolute atomic E-state index is 9.76. The summed E-state index contributed by atoms with van der Waals surface area (Å²) in [5.74, 6) is 0.192. The van der Waals surface area contributed by atoms with Crippen LogP contribution in [0.2, 0.25) is 0 Å². The molecule has 0 saturated heterocycles. The number of hydrogen-bond donors (Lipinski definition) is 1. The summed E-state index contributed by atoms with van der Waals surface area (Å²) < 4.78 is 2.42. The molecule has 0 aliphatic carbocycles. The molecule has 0 amide bonds. The number of phenols is 1. The Morgan fingerprint density at radius 1 is 1.14 bits per heavy atom. The molecule has 0 saturated carbocycles. The number of thiophene rings is 1. The quantitative estimate of drug-likeness (QED) is 0.470. The molecule has 28 heavy (non-hydrogen) atoms. The van der Waals surface area contributed by atoms with E-state index < -0.39 is 0 Å². The number of benzene rings is 2. The molecular formula is C20H14BrN5OS.